The third-order valence-electron chi connectivity index (χ3n) is 6.94. The minimum Gasteiger partial charge on any atom is -0.494 e. The van der Waals surface area contributed by atoms with Crippen molar-refractivity contribution < 1.29 is 14.3 Å². The number of hydrogen-bond acceptors (Lipinski definition) is 7. The Bertz CT molecular complexity index is 1060. The molecular formula is C24H30N6O3. The fourth-order valence-electron chi connectivity index (χ4n) is 4.89. The molecule has 2 saturated heterocycles. The van der Waals surface area contributed by atoms with Crippen LogP contribution in [0.25, 0.3) is 0 Å². The number of primary amides is 1. The molecule has 1 unspecified atom stereocenters. The quantitative estimate of drug-likeness (QED) is 0.633. The molecule has 0 bridgehead atoms. The first-order valence-corrected chi connectivity index (χ1v) is 11.5. The summed E-state index contributed by atoms with van der Waals surface area (Å²) in [7, 11) is 0. The number of nitrogens with two attached hydrogens (primary N) is 1. The molecule has 174 valence electrons. The van der Waals surface area contributed by atoms with Crippen molar-refractivity contribution in [3.63, 3.8) is 0 Å². The van der Waals surface area contributed by atoms with Gasteiger partial charge in [-0.25, -0.2) is 9.97 Å². The standard InChI is InChI=1S/C24H30N6O3/c1-14(16-3-4-16)9-20-19(23(25)32)11-26-24(28-20)27-17-5-6-21-22(10-17)33-13-18-12-29(15(2)31)7-8-30(18)21/h5,10-11,16,18,21H,1,3-4,6-9,12-13H2,2H3,(H2,25,32)(H,26,27,28)/t18-,21?/m0/s1. The lowest BCUT2D eigenvalue weighted by molar-refractivity contribution is -0.134. The van der Waals surface area contributed by atoms with Crippen LogP contribution in [0, 0.1) is 5.92 Å². The third-order valence-corrected chi connectivity index (χ3v) is 6.94. The average Bonchev–Trinajstić information content (AvgIpc) is 3.64. The Morgan fingerprint density at radius 3 is 2.88 bits per heavy atom. The van der Waals surface area contributed by atoms with Crippen molar-refractivity contribution in [1.29, 1.82) is 0 Å². The molecule has 0 radical (unpaired) electrons. The molecule has 2 amide bonds. The van der Waals surface area contributed by atoms with E-state index in [9.17, 15) is 9.59 Å². The highest BCUT2D eigenvalue weighted by atomic mass is 16.5. The maximum Gasteiger partial charge on any atom is 0.252 e. The van der Waals surface area contributed by atoms with Crippen LogP contribution in [0.3, 0.4) is 0 Å². The fourth-order valence-corrected chi connectivity index (χ4v) is 4.89. The lowest BCUT2D eigenvalue weighted by atomic mass is 9.97. The molecule has 0 spiro atoms. The number of ether oxygens (including phenoxy) is 1. The van der Waals surface area contributed by atoms with Gasteiger partial charge in [-0.2, -0.15) is 0 Å². The maximum absolute atomic E-state index is 11.8. The number of anilines is 1. The van der Waals surface area contributed by atoms with Gasteiger partial charge in [-0.05, 0) is 25.2 Å². The summed E-state index contributed by atoms with van der Waals surface area (Å²) in [6.45, 7) is 8.65. The molecule has 3 fully saturated rings. The molecule has 1 aromatic rings. The predicted molar refractivity (Wildman–Crippen MR) is 123 cm³/mol. The van der Waals surface area contributed by atoms with E-state index in [1.54, 1.807) is 6.92 Å². The summed E-state index contributed by atoms with van der Waals surface area (Å²) in [5.74, 6) is 1.45. The van der Waals surface area contributed by atoms with Gasteiger partial charge in [-0.1, -0.05) is 18.2 Å². The van der Waals surface area contributed by atoms with E-state index in [1.807, 2.05) is 11.0 Å². The van der Waals surface area contributed by atoms with Crippen molar-refractivity contribution in [3.8, 4) is 0 Å². The number of allylic oxidation sites excluding steroid dienone is 2. The SMILES string of the molecule is C=C(Cc1nc(NC2=CCC3C(=C2)OC[C@@H]2CN(C(C)=O)CCN32)ncc1C(N)=O)C1CC1. The van der Waals surface area contributed by atoms with Gasteiger partial charge >= 0.3 is 0 Å². The van der Waals surface area contributed by atoms with Crippen LogP contribution in [-0.2, 0) is 16.0 Å². The second kappa shape index (κ2) is 8.62. The van der Waals surface area contributed by atoms with Crippen molar-refractivity contribution in [3.05, 3.63) is 53.2 Å². The Balaban J connectivity index is 1.28. The number of nitrogens with one attached hydrogen (secondary N) is 1. The number of nitrogens with zero attached hydrogens (tertiary/aromatic N) is 4. The van der Waals surface area contributed by atoms with Gasteiger partial charge in [0.2, 0.25) is 11.9 Å². The number of carbonyl (C=O) groups excluding carboxylic acids is 2. The monoisotopic (exact) mass is 450 g/mol. The Morgan fingerprint density at radius 2 is 2.15 bits per heavy atom. The molecule has 2 aliphatic carbocycles. The van der Waals surface area contributed by atoms with Crippen molar-refractivity contribution in [2.45, 2.75) is 44.7 Å². The van der Waals surface area contributed by atoms with Crippen molar-refractivity contribution in [2.75, 3.05) is 31.6 Å². The molecule has 4 aliphatic rings. The van der Waals surface area contributed by atoms with E-state index < -0.39 is 5.91 Å². The first-order valence-electron chi connectivity index (χ1n) is 11.5. The van der Waals surface area contributed by atoms with Crippen molar-refractivity contribution in [2.24, 2.45) is 11.7 Å². The van der Waals surface area contributed by atoms with Crippen LogP contribution in [0.4, 0.5) is 5.95 Å². The number of amides is 2. The zero-order chi connectivity index (χ0) is 23.1. The molecular weight excluding hydrogens is 420 g/mol. The number of fused-ring (bicyclic) bond motifs is 3. The summed E-state index contributed by atoms with van der Waals surface area (Å²) in [5, 5.41) is 3.26. The smallest absolute Gasteiger partial charge is 0.252 e. The number of morpholine rings is 1. The van der Waals surface area contributed by atoms with E-state index in [1.165, 1.54) is 6.20 Å². The van der Waals surface area contributed by atoms with Crippen LogP contribution in [0.5, 0.6) is 0 Å². The molecule has 2 aliphatic heterocycles. The van der Waals surface area contributed by atoms with Gasteiger partial charge in [0.15, 0.2) is 0 Å². The first-order chi connectivity index (χ1) is 15.9. The molecule has 9 nitrogen and oxygen atoms in total. The molecule has 2 atom stereocenters. The van der Waals surface area contributed by atoms with Gasteiger partial charge in [0.1, 0.15) is 12.4 Å². The van der Waals surface area contributed by atoms with Gasteiger partial charge in [0.25, 0.3) is 5.91 Å². The van der Waals surface area contributed by atoms with Gasteiger partial charge in [0, 0.05) is 50.9 Å². The molecule has 1 aromatic heterocycles. The van der Waals surface area contributed by atoms with Crippen LogP contribution in [-0.4, -0.2) is 69.9 Å². The van der Waals surface area contributed by atoms with Gasteiger partial charge in [-0.3, -0.25) is 14.5 Å². The minimum absolute atomic E-state index is 0.119. The highest BCUT2D eigenvalue weighted by molar-refractivity contribution is 5.93. The molecule has 1 saturated carbocycles. The van der Waals surface area contributed by atoms with Crippen LogP contribution in [0.15, 0.2) is 42.0 Å². The average molecular weight is 451 g/mol. The molecule has 0 aromatic carbocycles. The number of carbonyl (C=O) groups is 2. The molecule has 3 N–H and O–H groups in total. The predicted octanol–water partition coefficient (Wildman–Crippen LogP) is 1.60. The zero-order valence-corrected chi connectivity index (χ0v) is 18.9. The first kappa shape index (κ1) is 21.6. The lowest BCUT2D eigenvalue weighted by Gasteiger charge is -2.49. The summed E-state index contributed by atoms with van der Waals surface area (Å²) >= 11 is 0. The largest absolute Gasteiger partial charge is 0.494 e. The molecule has 3 heterocycles. The summed E-state index contributed by atoms with van der Waals surface area (Å²) in [5.41, 5.74) is 8.43. The summed E-state index contributed by atoms with van der Waals surface area (Å²) in [4.78, 5) is 36.8. The number of aromatic nitrogens is 2. The number of rotatable bonds is 6. The van der Waals surface area contributed by atoms with Gasteiger partial charge < -0.3 is 20.7 Å². The Hall–Kier alpha value is -3.20. The zero-order valence-electron chi connectivity index (χ0n) is 18.9. The van der Waals surface area contributed by atoms with E-state index in [-0.39, 0.29) is 18.0 Å². The molecule has 9 heteroatoms. The van der Waals surface area contributed by atoms with Crippen LogP contribution in [0.1, 0.15) is 42.2 Å². The van der Waals surface area contributed by atoms with Crippen molar-refractivity contribution >= 4 is 17.8 Å². The summed E-state index contributed by atoms with van der Waals surface area (Å²) < 4.78 is 6.09. The van der Waals surface area contributed by atoms with Crippen LogP contribution in [0.2, 0.25) is 0 Å². The molecule has 33 heavy (non-hydrogen) atoms. The van der Waals surface area contributed by atoms with Gasteiger partial charge in [-0.15, -0.1) is 0 Å². The second-order valence-electron chi connectivity index (χ2n) is 9.28. The van der Waals surface area contributed by atoms with E-state index in [4.69, 9.17) is 10.5 Å². The Kier molecular flexibility index (Phi) is 5.65. The summed E-state index contributed by atoms with van der Waals surface area (Å²) in [6, 6.07) is 0.401. The second-order valence-corrected chi connectivity index (χ2v) is 9.28. The third kappa shape index (κ3) is 4.50. The fraction of sp³-hybridized carbons (Fsp3) is 0.500. The van der Waals surface area contributed by atoms with E-state index >= 15 is 0 Å². The number of hydrogen-bond donors (Lipinski definition) is 2. The highest BCUT2D eigenvalue weighted by Gasteiger charge is 2.40. The normalized spacial score (nSPS) is 24.6. The van der Waals surface area contributed by atoms with Crippen LogP contribution >= 0.6 is 0 Å². The van der Waals surface area contributed by atoms with Crippen LogP contribution < -0.4 is 11.1 Å². The number of piperazine rings is 1. The minimum atomic E-state index is -0.531. The Morgan fingerprint density at radius 1 is 1.33 bits per heavy atom. The summed E-state index contributed by atoms with van der Waals surface area (Å²) in [6.07, 6.45) is 9.22. The molecule has 5 rings (SSSR count). The van der Waals surface area contributed by atoms with Crippen molar-refractivity contribution in [1.82, 2.24) is 19.8 Å². The van der Waals surface area contributed by atoms with Gasteiger partial charge in [0.05, 0.1) is 23.3 Å². The van der Waals surface area contributed by atoms with E-state index in [2.05, 4.69) is 32.8 Å². The maximum atomic E-state index is 11.8. The van der Waals surface area contributed by atoms with E-state index in [0.717, 1.165) is 49.4 Å². The highest BCUT2D eigenvalue weighted by Crippen LogP contribution is 2.37. The lowest BCUT2D eigenvalue weighted by Crippen LogP contribution is -2.62. The topological polar surface area (TPSA) is 114 Å². The van der Waals surface area contributed by atoms with E-state index in [0.29, 0.717) is 42.7 Å². The Labute approximate surface area is 193 Å².